The average Bonchev–Trinajstić information content (AvgIpc) is 2.24. The number of carbonyl (C=O) groups is 2. The van der Waals surface area contributed by atoms with Crippen LogP contribution in [0.15, 0.2) is 24.5 Å². The normalized spacial score (nSPS) is 9.83. The Balaban J connectivity index is 3.27. The van der Waals surface area contributed by atoms with Gasteiger partial charge in [0.15, 0.2) is 0 Å². The third-order valence-corrected chi connectivity index (χ3v) is 2.27. The number of benzene rings is 1. The van der Waals surface area contributed by atoms with Crippen molar-refractivity contribution in [1.29, 1.82) is 0 Å². The molecule has 1 aromatic carbocycles. The average molecular weight is 252 g/mol. The van der Waals surface area contributed by atoms with Gasteiger partial charge in [-0.3, -0.25) is 0 Å². The van der Waals surface area contributed by atoms with Crippen LogP contribution in [0.1, 0.15) is 26.3 Å². The number of hydrogen-bond acceptors (Lipinski definition) is 4. The molecule has 1 aromatic rings. The number of carboxylic acids is 2. The predicted molar refractivity (Wildman–Crippen MR) is 62.4 cm³/mol. The molecule has 0 bridgehead atoms. The van der Waals surface area contributed by atoms with Gasteiger partial charge in [0.1, 0.15) is 23.7 Å². The van der Waals surface area contributed by atoms with Crippen LogP contribution in [0.3, 0.4) is 0 Å². The molecule has 0 heterocycles. The second-order valence-electron chi connectivity index (χ2n) is 3.58. The van der Waals surface area contributed by atoms with Crippen LogP contribution in [0, 0.1) is 6.92 Å². The highest BCUT2D eigenvalue weighted by Gasteiger charge is 2.20. The molecule has 18 heavy (non-hydrogen) atoms. The lowest BCUT2D eigenvalue weighted by molar-refractivity contribution is 0.0691. The van der Waals surface area contributed by atoms with Crippen molar-refractivity contribution < 1.29 is 29.6 Å². The Morgan fingerprint density at radius 2 is 1.83 bits per heavy atom. The zero-order valence-electron chi connectivity index (χ0n) is 9.64. The van der Waals surface area contributed by atoms with Gasteiger partial charge in [0, 0.05) is 0 Å². The van der Waals surface area contributed by atoms with Crippen LogP contribution in [0.2, 0.25) is 0 Å². The smallest absolute Gasteiger partial charge is 0.339 e. The number of rotatable bonds is 5. The van der Waals surface area contributed by atoms with E-state index in [1.807, 2.05) is 0 Å². The maximum atomic E-state index is 11.1. The zero-order valence-corrected chi connectivity index (χ0v) is 9.64. The molecular weight excluding hydrogens is 240 g/mol. The molecule has 0 unspecified atom stereocenters. The molecule has 0 saturated heterocycles. The molecule has 0 saturated carbocycles. The van der Waals surface area contributed by atoms with E-state index < -0.39 is 11.9 Å². The maximum Gasteiger partial charge on any atom is 0.339 e. The number of ether oxygens (including phenoxy) is 1. The summed E-state index contributed by atoms with van der Waals surface area (Å²) in [6.45, 7) is 4.33. The summed E-state index contributed by atoms with van der Waals surface area (Å²) in [5, 5.41) is 26.8. The van der Waals surface area contributed by atoms with Gasteiger partial charge in [0.25, 0.3) is 0 Å². The summed E-state index contributed by atoms with van der Waals surface area (Å²) in [5.41, 5.74) is -0.255. The van der Waals surface area contributed by atoms with Crippen LogP contribution in [0.25, 0.3) is 0 Å². The van der Waals surface area contributed by atoms with Crippen molar-refractivity contribution in [2.24, 2.45) is 0 Å². The molecule has 0 amide bonds. The van der Waals surface area contributed by atoms with E-state index in [9.17, 15) is 9.59 Å². The number of aromatic carboxylic acids is 2. The monoisotopic (exact) mass is 252 g/mol. The quantitative estimate of drug-likeness (QED) is 0.691. The molecule has 6 heteroatoms. The molecule has 0 atom stereocenters. The molecule has 0 aliphatic rings. The van der Waals surface area contributed by atoms with Crippen molar-refractivity contribution in [3.8, 4) is 5.75 Å². The Hall–Kier alpha value is -2.50. The summed E-state index contributed by atoms with van der Waals surface area (Å²) >= 11 is 0. The van der Waals surface area contributed by atoms with Gasteiger partial charge in [0.2, 0.25) is 0 Å². The standard InChI is InChI=1S/C12H12O6/c1-6(13)5-18-9-4-3-8(11(14)15)7(2)10(9)12(16)17/h3-4,13H,1,5H2,2H3,(H,14,15)(H,16,17). The SMILES string of the molecule is C=C(O)COc1ccc(C(=O)O)c(C)c1C(=O)O. The first kappa shape index (κ1) is 13.6. The Labute approximate surface area is 103 Å². The van der Waals surface area contributed by atoms with Crippen molar-refractivity contribution in [3.63, 3.8) is 0 Å². The largest absolute Gasteiger partial charge is 0.509 e. The summed E-state index contributed by atoms with van der Waals surface area (Å²) < 4.78 is 5.05. The fourth-order valence-corrected chi connectivity index (χ4v) is 1.47. The third-order valence-electron chi connectivity index (χ3n) is 2.27. The number of hydrogen-bond donors (Lipinski definition) is 3. The van der Waals surface area contributed by atoms with Crippen molar-refractivity contribution in [2.45, 2.75) is 6.92 Å². The van der Waals surface area contributed by atoms with E-state index in [0.717, 1.165) is 0 Å². The minimum Gasteiger partial charge on any atom is -0.509 e. The van der Waals surface area contributed by atoms with E-state index in [4.69, 9.17) is 20.1 Å². The molecular formula is C12H12O6. The van der Waals surface area contributed by atoms with Crippen LogP contribution in [-0.2, 0) is 0 Å². The van der Waals surface area contributed by atoms with E-state index >= 15 is 0 Å². The minimum atomic E-state index is -1.30. The summed E-state index contributed by atoms with van der Waals surface area (Å²) in [4.78, 5) is 22.0. The Morgan fingerprint density at radius 1 is 1.22 bits per heavy atom. The van der Waals surface area contributed by atoms with Gasteiger partial charge in [0.05, 0.1) is 5.56 Å². The lowest BCUT2D eigenvalue weighted by atomic mass is 10.0. The maximum absolute atomic E-state index is 11.1. The van der Waals surface area contributed by atoms with Gasteiger partial charge in [-0.15, -0.1) is 0 Å². The molecule has 0 fully saturated rings. The van der Waals surface area contributed by atoms with Crippen LogP contribution in [0.5, 0.6) is 5.75 Å². The molecule has 3 N–H and O–H groups in total. The number of aliphatic hydroxyl groups excluding tert-OH is 1. The van der Waals surface area contributed by atoms with Crippen LogP contribution in [0.4, 0.5) is 0 Å². The van der Waals surface area contributed by atoms with Crippen LogP contribution >= 0.6 is 0 Å². The van der Waals surface area contributed by atoms with Crippen molar-refractivity contribution in [1.82, 2.24) is 0 Å². The second kappa shape index (κ2) is 5.22. The highest BCUT2D eigenvalue weighted by molar-refractivity contribution is 5.98. The second-order valence-corrected chi connectivity index (χ2v) is 3.58. The number of aliphatic hydroxyl groups is 1. The lowest BCUT2D eigenvalue weighted by Crippen LogP contribution is -2.11. The van der Waals surface area contributed by atoms with E-state index in [-0.39, 0.29) is 34.8 Å². The Bertz CT molecular complexity index is 518. The molecule has 1 rings (SSSR count). The predicted octanol–water partition coefficient (Wildman–Crippen LogP) is 1.84. The first-order valence-corrected chi connectivity index (χ1v) is 4.94. The molecule has 0 aliphatic carbocycles. The topological polar surface area (TPSA) is 104 Å². The highest BCUT2D eigenvalue weighted by atomic mass is 16.5. The lowest BCUT2D eigenvalue weighted by Gasteiger charge is -2.12. The molecule has 0 radical (unpaired) electrons. The third kappa shape index (κ3) is 2.79. The minimum absolute atomic E-state index is 0.0137. The first-order chi connectivity index (χ1) is 8.34. The fraction of sp³-hybridized carbons (Fsp3) is 0.167. The van der Waals surface area contributed by atoms with Crippen molar-refractivity contribution in [2.75, 3.05) is 6.61 Å². The first-order valence-electron chi connectivity index (χ1n) is 4.94. The Morgan fingerprint density at radius 3 is 2.28 bits per heavy atom. The molecule has 0 spiro atoms. The molecule has 6 nitrogen and oxygen atoms in total. The summed E-state index contributed by atoms with van der Waals surface area (Å²) in [6, 6.07) is 2.49. The Kier molecular flexibility index (Phi) is 3.93. The summed E-state index contributed by atoms with van der Waals surface area (Å²) in [7, 11) is 0. The van der Waals surface area contributed by atoms with E-state index in [1.165, 1.54) is 19.1 Å². The van der Waals surface area contributed by atoms with Gasteiger partial charge in [-0.1, -0.05) is 6.58 Å². The molecule has 96 valence electrons. The van der Waals surface area contributed by atoms with Gasteiger partial charge in [-0.2, -0.15) is 0 Å². The number of carboxylic acid groups (broad SMARTS) is 2. The molecule has 0 aliphatic heterocycles. The van der Waals surface area contributed by atoms with Crippen LogP contribution in [-0.4, -0.2) is 33.9 Å². The van der Waals surface area contributed by atoms with Crippen molar-refractivity contribution >= 4 is 11.9 Å². The van der Waals surface area contributed by atoms with Gasteiger partial charge in [-0.25, -0.2) is 9.59 Å². The van der Waals surface area contributed by atoms with E-state index in [1.54, 1.807) is 0 Å². The van der Waals surface area contributed by atoms with Crippen LogP contribution < -0.4 is 4.74 Å². The van der Waals surface area contributed by atoms with E-state index in [2.05, 4.69) is 6.58 Å². The van der Waals surface area contributed by atoms with Gasteiger partial charge >= 0.3 is 11.9 Å². The highest BCUT2D eigenvalue weighted by Crippen LogP contribution is 2.25. The summed E-state index contributed by atoms with van der Waals surface area (Å²) in [5.74, 6) is -2.78. The fourth-order valence-electron chi connectivity index (χ4n) is 1.47. The van der Waals surface area contributed by atoms with E-state index in [0.29, 0.717) is 0 Å². The summed E-state index contributed by atoms with van der Waals surface area (Å²) in [6.07, 6.45) is 0. The van der Waals surface area contributed by atoms with Gasteiger partial charge < -0.3 is 20.1 Å². The molecule has 0 aromatic heterocycles. The van der Waals surface area contributed by atoms with Gasteiger partial charge in [-0.05, 0) is 24.6 Å². The zero-order chi connectivity index (χ0) is 13.9. The van der Waals surface area contributed by atoms with Crippen molar-refractivity contribution in [3.05, 3.63) is 41.2 Å².